The van der Waals surface area contributed by atoms with Crippen molar-refractivity contribution in [1.29, 1.82) is 5.26 Å². The summed E-state index contributed by atoms with van der Waals surface area (Å²) in [7, 11) is 0. The van der Waals surface area contributed by atoms with Gasteiger partial charge in [-0.1, -0.05) is 15.9 Å². The minimum absolute atomic E-state index is 0.758. The molecule has 0 amide bonds. The largest absolute Gasteiger partial charge is 0.370 e. The molecule has 0 N–H and O–H groups in total. The first kappa shape index (κ1) is 8.58. The second kappa shape index (κ2) is 3.39. The normalized spacial score (nSPS) is 14.9. The summed E-state index contributed by atoms with van der Waals surface area (Å²) in [5.41, 5.74) is 1.83. The average Bonchev–Trinajstić information content (AvgIpc) is 2.05. The molecule has 0 atom stereocenters. The van der Waals surface area contributed by atoms with Crippen molar-refractivity contribution in [2.24, 2.45) is 0 Å². The maximum atomic E-state index is 8.91. The topological polar surface area (TPSA) is 27.0 Å². The lowest BCUT2D eigenvalue weighted by Gasteiger charge is -2.33. The lowest BCUT2D eigenvalue weighted by molar-refractivity contribution is 0.617. The van der Waals surface area contributed by atoms with E-state index >= 15 is 0 Å². The van der Waals surface area contributed by atoms with Crippen LogP contribution in [0.4, 0.5) is 5.69 Å². The van der Waals surface area contributed by atoms with Gasteiger partial charge in [0.2, 0.25) is 0 Å². The van der Waals surface area contributed by atoms with Gasteiger partial charge in [0, 0.05) is 17.6 Å². The van der Waals surface area contributed by atoms with E-state index in [-0.39, 0.29) is 0 Å². The molecule has 0 aliphatic carbocycles. The molecular formula is C10H9BrN2. The molecule has 0 bridgehead atoms. The van der Waals surface area contributed by atoms with E-state index in [1.54, 1.807) is 0 Å². The zero-order chi connectivity index (χ0) is 9.26. The Morgan fingerprint density at radius 3 is 2.69 bits per heavy atom. The fourth-order valence-corrected chi connectivity index (χ4v) is 1.79. The molecule has 1 heterocycles. The molecule has 1 saturated heterocycles. The maximum absolute atomic E-state index is 8.91. The molecule has 0 aromatic heterocycles. The number of hydrogen-bond donors (Lipinski definition) is 0. The predicted octanol–water partition coefficient (Wildman–Crippen LogP) is 2.53. The highest BCUT2D eigenvalue weighted by Gasteiger charge is 2.17. The summed E-state index contributed by atoms with van der Waals surface area (Å²) < 4.78 is 0.966. The van der Waals surface area contributed by atoms with E-state index in [0.29, 0.717) is 0 Å². The average molecular weight is 237 g/mol. The maximum Gasteiger partial charge on any atom is 0.101 e. The summed E-state index contributed by atoms with van der Waals surface area (Å²) in [6, 6.07) is 8.06. The fraction of sp³-hybridized carbons (Fsp3) is 0.300. The number of nitrogens with zero attached hydrogens (tertiary/aromatic N) is 2. The van der Waals surface area contributed by atoms with E-state index in [9.17, 15) is 0 Å². The first-order valence-electron chi connectivity index (χ1n) is 4.26. The lowest BCUT2D eigenvalue weighted by atomic mass is 10.1. The highest BCUT2D eigenvalue weighted by Crippen LogP contribution is 2.27. The standard InChI is InChI=1S/C10H9BrN2/c11-9-2-3-10(8(6-9)7-12)13-4-1-5-13/h2-3,6H,1,4-5H2. The molecule has 1 fully saturated rings. The first-order chi connectivity index (χ1) is 6.31. The van der Waals surface area contributed by atoms with Gasteiger partial charge in [0.25, 0.3) is 0 Å². The van der Waals surface area contributed by atoms with E-state index in [2.05, 4.69) is 26.9 Å². The van der Waals surface area contributed by atoms with Crippen molar-refractivity contribution in [3.63, 3.8) is 0 Å². The van der Waals surface area contributed by atoms with Gasteiger partial charge in [-0.3, -0.25) is 0 Å². The van der Waals surface area contributed by atoms with Gasteiger partial charge in [-0.2, -0.15) is 5.26 Å². The quantitative estimate of drug-likeness (QED) is 0.750. The number of nitriles is 1. The third-order valence-electron chi connectivity index (χ3n) is 2.28. The van der Waals surface area contributed by atoms with Gasteiger partial charge in [0.05, 0.1) is 11.3 Å². The number of anilines is 1. The van der Waals surface area contributed by atoms with Crippen LogP contribution in [0.5, 0.6) is 0 Å². The molecule has 66 valence electrons. The molecule has 1 aromatic carbocycles. The SMILES string of the molecule is N#Cc1cc(Br)ccc1N1CCC1. The Hall–Kier alpha value is -1.01. The van der Waals surface area contributed by atoms with Crippen LogP contribution in [-0.4, -0.2) is 13.1 Å². The van der Waals surface area contributed by atoms with Gasteiger partial charge in [0.15, 0.2) is 0 Å². The Balaban J connectivity index is 2.39. The van der Waals surface area contributed by atoms with Crippen LogP contribution in [0.2, 0.25) is 0 Å². The Morgan fingerprint density at radius 1 is 1.38 bits per heavy atom. The monoisotopic (exact) mass is 236 g/mol. The first-order valence-corrected chi connectivity index (χ1v) is 5.05. The van der Waals surface area contributed by atoms with Crippen molar-refractivity contribution < 1.29 is 0 Å². The molecule has 1 aliphatic rings. The van der Waals surface area contributed by atoms with Crippen LogP contribution in [-0.2, 0) is 0 Å². The zero-order valence-corrected chi connectivity index (χ0v) is 8.71. The van der Waals surface area contributed by atoms with Crippen LogP contribution < -0.4 is 4.90 Å². The number of hydrogen-bond acceptors (Lipinski definition) is 2. The van der Waals surface area contributed by atoms with Crippen LogP contribution >= 0.6 is 15.9 Å². The second-order valence-electron chi connectivity index (χ2n) is 3.11. The fourth-order valence-electron chi connectivity index (χ4n) is 1.43. The van der Waals surface area contributed by atoms with Gasteiger partial charge in [-0.25, -0.2) is 0 Å². The van der Waals surface area contributed by atoms with Gasteiger partial charge in [-0.05, 0) is 24.6 Å². The molecule has 1 aliphatic heterocycles. The summed E-state index contributed by atoms with van der Waals surface area (Å²) in [4.78, 5) is 2.23. The molecule has 0 saturated carbocycles. The smallest absolute Gasteiger partial charge is 0.101 e. The summed E-state index contributed by atoms with van der Waals surface area (Å²) in [6.45, 7) is 2.16. The highest BCUT2D eigenvalue weighted by atomic mass is 79.9. The third-order valence-corrected chi connectivity index (χ3v) is 2.77. The molecule has 0 unspecified atom stereocenters. The minimum Gasteiger partial charge on any atom is -0.370 e. The summed E-state index contributed by atoms with van der Waals surface area (Å²) in [5.74, 6) is 0. The van der Waals surface area contributed by atoms with E-state index in [1.165, 1.54) is 6.42 Å². The number of halogens is 1. The van der Waals surface area contributed by atoms with Crippen LogP contribution in [0.15, 0.2) is 22.7 Å². The molecule has 1 aromatic rings. The van der Waals surface area contributed by atoms with E-state index < -0.39 is 0 Å². The molecule has 2 nitrogen and oxygen atoms in total. The van der Waals surface area contributed by atoms with Crippen LogP contribution in [0, 0.1) is 11.3 Å². The van der Waals surface area contributed by atoms with Crippen molar-refractivity contribution in [3.8, 4) is 6.07 Å². The van der Waals surface area contributed by atoms with E-state index in [4.69, 9.17) is 5.26 Å². The van der Waals surface area contributed by atoms with Gasteiger partial charge >= 0.3 is 0 Å². The summed E-state index contributed by atoms with van der Waals surface area (Å²) in [5, 5.41) is 8.91. The van der Waals surface area contributed by atoms with Crippen molar-refractivity contribution in [2.75, 3.05) is 18.0 Å². The van der Waals surface area contributed by atoms with Gasteiger partial charge in [-0.15, -0.1) is 0 Å². The number of benzene rings is 1. The summed E-state index contributed by atoms with van der Waals surface area (Å²) in [6.07, 6.45) is 1.24. The molecular weight excluding hydrogens is 228 g/mol. The van der Waals surface area contributed by atoms with Crippen molar-refractivity contribution in [1.82, 2.24) is 0 Å². The third kappa shape index (κ3) is 1.54. The van der Waals surface area contributed by atoms with Crippen molar-refractivity contribution in [3.05, 3.63) is 28.2 Å². The van der Waals surface area contributed by atoms with Crippen LogP contribution in [0.25, 0.3) is 0 Å². The zero-order valence-electron chi connectivity index (χ0n) is 7.13. The van der Waals surface area contributed by atoms with Crippen LogP contribution in [0.1, 0.15) is 12.0 Å². The molecule has 0 radical (unpaired) electrons. The second-order valence-corrected chi connectivity index (χ2v) is 4.03. The molecule has 2 rings (SSSR count). The van der Waals surface area contributed by atoms with Crippen LogP contribution in [0.3, 0.4) is 0 Å². The van der Waals surface area contributed by atoms with E-state index in [1.807, 2.05) is 18.2 Å². The Bertz CT molecular complexity index is 364. The predicted molar refractivity (Wildman–Crippen MR) is 55.7 cm³/mol. The highest BCUT2D eigenvalue weighted by molar-refractivity contribution is 9.10. The molecule has 3 heteroatoms. The van der Waals surface area contributed by atoms with Gasteiger partial charge < -0.3 is 4.90 Å². The van der Waals surface area contributed by atoms with Crippen molar-refractivity contribution >= 4 is 21.6 Å². The molecule has 13 heavy (non-hydrogen) atoms. The Morgan fingerprint density at radius 2 is 2.15 bits per heavy atom. The minimum atomic E-state index is 0.758. The van der Waals surface area contributed by atoms with E-state index in [0.717, 1.165) is 28.8 Å². The summed E-state index contributed by atoms with van der Waals surface area (Å²) >= 11 is 3.36. The number of rotatable bonds is 1. The Labute approximate surface area is 85.9 Å². The van der Waals surface area contributed by atoms with Gasteiger partial charge in [0.1, 0.15) is 6.07 Å². The van der Waals surface area contributed by atoms with Crippen molar-refractivity contribution in [2.45, 2.75) is 6.42 Å². The lowest BCUT2D eigenvalue weighted by Crippen LogP contribution is -2.37. The molecule has 0 spiro atoms. The Kier molecular flexibility index (Phi) is 2.24.